The lowest BCUT2D eigenvalue weighted by Crippen LogP contribution is -2.26. The van der Waals surface area contributed by atoms with Crippen molar-refractivity contribution in [3.63, 3.8) is 0 Å². The maximum atomic E-state index is 12.9. The molecule has 6 N–H and O–H groups in total. The van der Waals surface area contributed by atoms with Crippen molar-refractivity contribution in [2.45, 2.75) is 26.8 Å². The number of nitrogens with two attached hydrogens (primary N) is 1. The van der Waals surface area contributed by atoms with E-state index in [1.807, 2.05) is 44.2 Å². The van der Waals surface area contributed by atoms with Gasteiger partial charge in [-0.2, -0.15) is 0 Å². The molecule has 38 heavy (non-hydrogen) atoms. The van der Waals surface area contributed by atoms with E-state index in [1.165, 1.54) is 25.2 Å². The summed E-state index contributed by atoms with van der Waals surface area (Å²) in [6.07, 6.45) is 0.184. The van der Waals surface area contributed by atoms with Crippen molar-refractivity contribution in [1.29, 1.82) is 5.41 Å². The van der Waals surface area contributed by atoms with E-state index < -0.39 is 5.91 Å². The van der Waals surface area contributed by atoms with E-state index >= 15 is 0 Å². The number of nitrogens with one attached hydrogen (secondary N) is 4. The van der Waals surface area contributed by atoms with E-state index in [1.54, 1.807) is 18.2 Å². The summed E-state index contributed by atoms with van der Waals surface area (Å²) >= 11 is 6.19. The van der Waals surface area contributed by atoms with E-state index in [2.05, 4.69) is 16.0 Å². The van der Waals surface area contributed by atoms with Crippen molar-refractivity contribution >= 4 is 40.8 Å². The predicted octanol–water partition coefficient (Wildman–Crippen LogP) is 3.89. The molecule has 0 radical (unpaired) electrons. The molecule has 0 aromatic heterocycles. The van der Waals surface area contributed by atoms with Crippen LogP contribution in [0.1, 0.15) is 40.9 Å². The molecule has 3 aromatic rings. The van der Waals surface area contributed by atoms with Crippen molar-refractivity contribution in [2.24, 2.45) is 5.73 Å². The largest absolute Gasteiger partial charge is 0.483 e. The number of rotatable bonds is 10. The van der Waals surface area contributed by atoms with E-state index in [-0.39, 0.29) is 47.8 Å². The number of nitrogen functional groups attached to an aromatic ring is 1. The van der Waals surface area contributed by atoms with Gasteiger partial charge in [0.05, 0.1) is 6.42 Å². The van der Waals surface area contributed by atoms with Gasteiger partial charge in [-0.15, -0.1) is 0 Å². The van der Waals surface area contributed by atoms with Crippen LogP contribution in [0.15, 0.2) is 66.7 Å². The minimum atomic E-state index is -0.427. The second-order valence-electron chi connectivity index (χ2n) is 7.82. The van der Waals surface area contributed by atoms with Crippen LogP contribution in [-0.4, -0.2) is 37.2 Å². The average Bonchev–Trinajstić information content (AvgIpc) is 2.91. The summed E-state index contributed by atoms with van der Waals surface area (Å²) in [5.41, 5.74) is 8.07. The average molecular weight is 538 g/mol. The van der Waals surface area contributed by atoms with E-state index in [0.29, 0.717) is 22.6 Å². The quantitative estimate of drug-likeness (QED) is 0.197. The molecule has 3 aromatic carbocycles. The third-order valence-corrected chi connectivity index (χ3v) is 5.32. The van der Waals surface area contributed by atoms with E-state index in [4.69, 9.17) is 27.5 Å². The molecular formula is C28H32ClN5O4. The number of carbonyl (C=O) groups is 3. The second-order valence-corrected chi connectivity index (χ2v) is 8.26. The number of anilines is 1. The molecule has 9 nitrogen and oxygen atoms in total. The lowest BCUT2D eigenvalue weighted by Gasteiger charge is -2.14. The van der Waals surface area contributed by atoms with Gasteiger partial charge in [-0.1, -0.05) is 67.9 Å². The Morgan fingerprint density at radius 3 is 2.32 bits per heavy atom. The summed E-state index contributed by atoms with van der Waals surface area (Å²) in [5, 5.41) is 15.9. The van der Waals surface area contributed by atoms with Crippen molar-refractivity contribution < 1.29 is 19.1 Å². The molecule has 0 spiro atoms. The Balaban J connectivity index is 0.00000247. The van der Waals surface area contributed by atoms with Crippen molar-refractivity contribution in [3.05, 3.63) is 94.0 Å². The molecule has 0 aliphatic rings. The highest BCUT2D eigenvalue weighted by Gasteiger charge is 2.14. The highest BCUT2D eigenvalue weighted by molar-refractivity contribution is 6.31. The SMILES string of the molecule is CC.CNC(=O)COc1cc(C(=N)N)ccc1CNC(=O)c1cc(Cl)cc(NC(=O)Cc2ccccc2)c1. The summed E-state index contributed by atoms with van der Waals surface area (Å²) in [4.78, 5) is 36.9. The second kappa shape index (κ2) is 15.0. The fourth-order valence-corrected chi connectivity index (χ4v) is 3.51. The van der Waals surface area contributed by atoms with Crippen LogP contribution in [0.2, 0.25) is 5.02 Å². The van der Waals surface area contributed by atoms with Gasteiger partial charge < -0.3 is 26.4 Å². The van der Waals surface area contributed by atoms with Gasteiger partial charge in [-0.3, -0.25) is 19.8 Å². The summed E-state index contributed by atoms with van der Waals surface area (Å²) in [6, 6.07) is 18.7. The molecule has 3 rings (SSSR count). The number of carbonyl (C=O) groups excluding carboxylic acids is 3. The Hall–Kier alpha value is -4.37. The number of benzene rings is 3. The summed E-state index contributed by atoms with van der Waals surface area (Å²) in [7, 11) is 1.49. The molecule has 0 aliphatic heterocycles. The Bertz CT molecular complexity index is 1280. The first-order valence-corrected chi connectivity index (χ1v) is 12.4. The zero-order valence-electron chi connectivity index (χ0n) is 21.6. The first kappa shape index (κ1) is 29.9. The zero-order valence-corrected chi connectivity index (χ0v) is 22.3. The smallest absolute Gasteiger partial charge is 0.257 e. The van der Waals surface area contributed by atoms with Crippen molar-refractivity contribution in [1.82, 2.24) is 10.6 Å². The Morgan fingerprint density at radius 1 is 0.947 bits per heavy atom. The topological polar surface area (TPSA) is 146 Å². The van der Waals surface area contributed by atoms with Crippen LogP contribution in [0.4, 0.5) is 5.69 Å². The fourth-order valence-electron chi connectivity index (χ4n) is 3.27. The maximum Gasteiger partial charge on any atom is 0.257 e. The van der Waals surface area contributed by atoms with Gasteiger partial charge in [-0.25, -0.2) is 0 Å². The highest BCUT2D eigenvalue weighted by atomic mass is 35.5. The highest BCUT2D eigenvalue weighted by Crippen LogP contribution is 2.22. The molecule has 0 unspecified atom stereocenters. The number of amidine groups is 1. The number of ether oxygens (including phenoxy) is 1. The summed E-state index contributed by atoms with van der Waals surface area (Å²) in [5.74, 6) is -0.844. The monoisotopic (exact) mass is 537 g/mol. The molecule has 0 saturated carbocycles. The van der Waals surface area contributed by atoms with Crippen LogP contribution in [-0.2, 0) is 22.6 Å². The Labute approximate surface area is 227 Å². The Kier molecular flexibility index (Phi) is 11.8. The van der Waals surface area contributed by atoms with E-state index in [0.717, 1.165) is 5.56 Å². The molecule has 0 atom stereocenters. The van der Waals surface area contributed by atoms with Gasteiger partial charge in [0.2, 0.25) is 5.91 Å². The fraction of sp³-hybridized carbons (Fsp3) is 0.214. The van der Waals surface area contributed by atoms with Crippen LogP contribution in [0.3, 0.4) is 0 Å². The van der Waals surface area contributed by atoms with Gasteiger partial charge in [0, 0.05) is 41.0 Å². The third kappa shape index (κ3) is 9.25. The maximum absolute atomic E-state index is 12.9. The molecule has 0 saturated heterocycles. The zero-order chi connectivity index (χ0) is 28.1. The lowest BCUT2D eigenvalue weighted by molar-refractivity contribution is -0.122. The minimum Gasteiger partial charge on any atom is -0.483 e. The molecule has 0 fully saturated rings. The molecule has 0 heterocycles. The van der Waals surface area contributed by atoms with Gasteiger partial charge in [-0.05, 0) is 29.8 Å². The number of hydrogen-bond acceptors (Lipinski definition) is 5. The summed E-state index contributed by atoms with van der Waals surface area (Å²) in [6.45, 7) is 3.83. The molecular weight excluding hydrogens is 506 g/mol. The van der Waals surface area contributed by atoms with Crippen LogP contribution in [0.5, 0.6) is 5.75 Å². The van der Waals surface area contributed by atoms with Gasteiger partial charge in [0.25, 0.3) is 11.8 Å². The lowest BCUT2D eigenvalue weighted by atomic mass is 10.1. The Morgan fingerprint density at radius 2 is 1.66 bits per heavy atom. The number of amides is 3. The first-order valence-electron chi connectivity index (χ1n) is 12.0. The van der Waals surface area contributed by atoms with Gasteiger partial charge >= 0.3 is 0 Å². The van der Waals surface area contributed by atoms with Crippen LogP contribution >= 0.6 is 11.6 Å². The van der Waals surface area contributed by atoms with Crippen molar-refractivity contribution in [2.75, 3.05) is 19.0 Å². The van der Waals surface area contributed by atoms with Gasteiger partial charge in [0.1, 0.15) is 11.6 Å². The van der Waals surface area contributed by atoms with Crippen LogP contribution in [0, 0.1) is 5.41 Å². The van der Waals surface area contributed by atoms with Crippen molar-refractivity contribution in [3.8, 4) is 5.75 Å². The minimum absolute atomic E-state index is 0.0717. The molecule has 200 valence electrons. The standard InChI is InChI=1S/C26H26ClN5O4.C2H6/c1-30-24(34)15-36-22-12-17(25(28)29)7-8-18(22)14-31-26(35)19-10-20(27)13-21(11-19)32-23(33)9-16-5-3-2-4-6-16;1-2/h2-8,10-13H,9,14-15H2,1H3,(H3,28,29)(H,30,34)(H,31,35)(H,32,33);1-2H3. The number of halogens is 1. The third-order valence-electron chi connectivity index (χ3n) is 5.11. The number of likely N-dealkylation sites (N-methyl/N-ethyl adjacent to an activating group) is 1. The van der Waals surface area contributed by atoms with Gasteiger partial charge in [0.15, 0.2) is 6.61 Å². The van der Waals surface area contributed by atoms with Crippen LogP contribution in [0.25, 0.3) is 0 Å². The van der Waals surface area contributed by atoms with Crippen LogP contribution < -0.4 is 26.4 Å². The molecule has 0 bridgehead atoms. The predicted molar refractivity (Wildman–Crippen MR) is 150 cm³/mol. The first-order chi connectivity index (χ1) is 18.2. The normalized spacial score (nSPS) is 9.89. The molecule has 0 aliphatic carbocycles. The van der Waals surface area contributed by atoms with E-state index in [9.17, 15) is 14.4 Å². The molecule has 10 heteroatoms. The summed E-state index contributed by atoms with van der Waals surface area (Å²) < 4.78 is 5.57. The number of hydrogen-bond donors (Lipinski definition) is 5. The molecule has 3 amide bonds.